The number of hydrogen-bond donors (Lipinski definition) is 0. The SMILES string of the molecule is COc1ccccc1C(Cl)c1cnn(-c2ccccc2)c1. The monoisotopic (exact) mass is 298 g/mol. The van der Waals surface area contributed by atoms with E-state index in [4.69, 9.17) is 16.3 Å². The molecule has 2 aromatic carbocycles. The Bertz CT molecular complexity index is 724. The fourth-order valence-corrected chi connectivity index (χ4v) is 2.54. The average Bonchev–Trinajstić information content (AvgIpc) is 3.05. The van der Waals surface area contributed by atoms with Crippen molar-refractivity contribution in [2.75, 3.05) is 7.11 Å². The molecule has 0 spiro atoms. The summed E-state index contributed by atoms with van der Waals surface area (Å²) in [6.45, 7) is 0. The molecule has 1 heterocycles. The van der Waals surface area contributed by atoms with Crippen LogP contribution in [-0.4, -0.2) is 16.9 Å². The van der Waals surface area contributed by atoms with E-state index in [0.717, 1.165) is 22.6 Å². The molecule has 106 valence electrons. The maximum Gasteiger partial charge on any atom is 0.123 e. The Morgan fingerprint density at radius 3 is 2.52 bits per heavy atom. The van der Waals surface area contributed by atoms with Crippen LogP contribution in [0.4, 0.5) is 0 Å². The first-order valence-electron chi connectivity index (χ1n) is 6.66. The molecule has 0 saturated carbocycles. The summed E-state index contributed by atoms with van der Waals surface area (Å²) in [7, 11) is 1.65. The van der Waals surface area contributed by atoms with Gasteiger partial charge < -0.3 is 4.74 Å². The third-order valence-electron chi connectivity index (χ3n) is 3.33. The number of rotatable bonds is 4. The van der Waals surface area contributed by atoms with Gasteiger partial charge in [0.05, 0.1) is 24.4 Å². The van der Waals surface area contributed by atoms with Crippen molar-refractivity contribution >= 4 is 11.6 Å². The molecule has 1 aromatic heterocycles. The highest BCUT2D eigenvalue weighted by atomic mass is 35.5. The number of alkyl halides is 1. The topological polar surface area (TPSA) is 27.1 Å². The Hall–Kier alpha value is -2.26. The summed E-state index contributed by atoms with van der Waals surface area (Å²) >= 11 is 6.58. The number of hydrogen-bond acceptors (Lipinski definition) is 2. The molecule has 0 N–H and O–H groups in total. The van der Waals surface area contributed by atoms with E-state index in [9.17, 15) is 0 Å². The number of halogens is 1. The van der Waals surface area contributed by atoms with Gasteiger partial charge in [-0.05, 0) is 18.2 Å². The van der Waals surface area contributed by atoms with Crippen molar-refractivity contribution in [3.8, 4) is 11.4 Å². The zero-order chi connectivity index (χ0) is 14.7. The van der Waals surface area contributed by atoms with Crippen LogP contribution in [0.15, 0.2) is 67.0 Å². The van der Waals surface area contributed by atoms with Crippen LogP contribution in [0.1, 0.15) is 16.5 Å². The first-order valence-corrected chi connectivity index (χ1v) is 7.10. The molecule has 0 saturated heterocycles. The number of para-hydroxylation sites is 2. The second-order valence-corrected chi connectivity index (χ2v) is 5.09. The van der Waals surface area contributed by atoms with Crippen LogP contribution < -0.4 is 4.74 Å². The summed E-state index contributed by atoms with van der Waals surface area (Å²) in [5, 5.41) is 4.09. The first-order chi connectivity index (χ1) is 10.3. The smallest absolute Gasteiger partial charge is 0.123 e. The number of nitrogens with zero attached hydrogens (tertiary/aromatic N) is 2. The van der Waals surface area contributed by atoms with Gasteiger partial charge >= 0.3 is 0 Å². The fourth-order valence-electron chi connectivity index (χ4n) is 2.24. The molecular weight excluding hydrogens is 284 g/mol. The minimum Gasteiger partial charge on any atom is -0.496 e. The van der Waals surface area contributed by atoms with Gasteiger partial charge in [-0.25, -0.2) is 4.68 Å². The van der Waals surface area contributed by atoms with E-state index in [1.54, 1.807) is 13.3 Å². The largest absolute Gasteiger partial charge is 0.496 e. The molecule has 3 nitrogen and oxygen atoms in total. The Kier molecular flexibility index (Phi) is 3.93. The van der Waals surface area contributed by atoms with Crippen LogP contribution in [0.5, 0.6) is 5.75 Å². The molecule has 0 aliphatic carbocycles. The molecule has 0 aliphatic rings. The quantitative estimate of drug-likeness (QED) is 0.675. The van der Waals surface area contributed by atoms with Gasteiger partial charge in [0.2, 0.25) is 0 Å². The number of benzene rings is 2. The van der Waals surface area contributed by atoms with Crippen LogP contribution in [-0.2, 0) is 0 Å². The maximum absolute atomic E-state index is 6.58. The lowest BCUT2D eigenvalue weighted by Crippen LogP contribution is -1.96. The van der Waals surface area contributed by atoms with Gasteiger partial charge in [0.25, 0.3) is 0 Å². The molecule has 3 rings (SSSR count). The number of aromatic nitrogens is 2. The van der Waals surface area contributed by atoms with E-state index in [0.29, 0.717) is 0 Å². The minimum atomic E-state index is -0.293. The summed E-state index contributed by atoms with van der Waals surface area (Å²) in [4.78, 5) is 0. The van der Waals surface area contributed by atoms with Crippen LogP contribution in [0.3, 0.4) is 0 Å². The number of methoxy groups -OCH3 is 1. The Morgan fingerprint density at radius 2 is 1.76 bits per heavy atom. The van der Waals surface area contributed by atoms with E-state index < -0.39 is 0 Å². The van der Waals surface area contributed by atoms with E-state index >= 15 is 0 Å². The highest BCUT2D eigenvalue weighted by molar-refractivity contribution is 6.22. The van der Waals surface area contributed by atoms with Crippen molar-refractivity contribution in [2.45, 2.75) is 5.38 Å². The van der Waals surface area contributed by atoms with Crippen molar-refractivity contribution < 1.29 is 4.74 Å². The zero-order valence-electron chi connectivity index (χ0n) is 11.6. The molecule has 3 aromatic rings. The van der Waals surface area contributed by atoms with Crippen molar-refractivity contribution in [1.29, 1.82) is 0 Å². The summed E-state index contributed by atoms with van der Waals surface area (Å²) in [5.41, 5.74) is 2.88. The lowest BCUT2D eigenvalue weighted by Gasteiger charge is -2.12. The van der Waals surface area contributed by atoms with Gasteiger partial charge in [-0.3, -0.25) is 0 Å². The normalized spacial score (nSPS) is 12.1. The van der Waals surface area contributed by atoms with Crippen molar-refractivity contribution in [3.63, 3.8) is 0 Å². The first kappa shape index (κ1) is 13.7. The molecule has 1 atom stereocenters. The average molecular weight is 299 g/mol. The van der Waals surface area contributed by atoms with Gasteiger partial charge in [0.1, 0.15) is 5.75 Å². The van der Waals surface area contributed by atoms with Crippen LogP contribution in [0.2, 0.25) is 0 Å². The van der Waals surface area contributed by atoms with E-state index in [1.807, 2.05) is 65.5 Å². The highest BCUT2D eigenvalue weighted by Crippen LogP contribution is 2.34. The second kappa shape index (κ2) is 6.02. The lowest BCUT2D eigenvalue weighted by molar-refractivity contribution is 0.410. The predicted octanol–water partition coefficient (Wildman–Crippen LogP) is 4.21. The predicted molar refractivity (Wildman–Crippen MR) is 84.3 cm³/mol. The Labute approximate surface area is 128 Å². The Morgan fingerprint density at radius 1 is 1.05 bits per heavy atom. The van der Waals surface area contributed by atoms with Gasteiger partial charge in [-0.1, -0.05) is 36.4 Å². The minimum absolute atomic E-state index is 0.293. The standard InChI is InChI=1S/C17H15ClN2O/c1-21-16-10-6-5-9-15(16)17(18)13-11-19-20(12-13)14-7-3-2-4-8-14/h2-12,17H,1H3. The molecule has 0 aliphatic heterocycles. The van der Waals surface area contributed by atoms with Crippen LogP contribution in [0.25, 0.3) is 5.69 Å². The molecular formula is C17H15ClN2O. The van der Waals surface area contributed by atoms with Gasteiger partial charge in [0.15, 0.2) is 0 Å². The fraction of sp³-hybridized carbons (Fsp3) is 0.118. The third kappa shape index (κ3) is 2.78. The summed E-state index contributed by atoms with van der Waals surface area (Å²) in [6.07, 6.45) is 3.73. The molecule has 21 heavy (non-hydrogen) atoms. The zero-order valence-corrected chi connectivity index (χ0v) is 12.4. The van der Waals surface area contributed by atoms with Gasteiger partial charge in [-0.2, -0.15) is 5.10 Å². The van der Waals surface area contributed by atoms with Crippen molar-refractivity contribution in [2.24, 2.45) is 0 Å². The van der Waals surface area contributed by atoms with Crippen molar-refractivity contribution in [1.82, 2.24) is 9.78 Å². The lowest BCUT2D eigenvalue weighted by atomic mass is 10.1. The summed E-state index contributed by atoms with van der Waals surface area (Å²) in [5.74, 6) is 0.782. The molecule has 4 heteroatoms. The second-order valence-electron chi connectivity index (χ2n) is 4.66. The van der Waals surface area contributed by atoms with E-state index in [1.165, 1.54) is 0 Å². The van der Waals surface area contributed by atoms with E-state index in [2.05, 4.69) is 5.10 Å². The molecule has 1 unspecified atom stereocenters. The van der Waals surface area contributed by atoms with Crippen molar-refractivity contribution in [3.05, 3.63) is 78.1 Å². The van der Waals surface area contributed by atoms with Crippen LogP contribution in [0, 0.1) is 0 Å². The van der Waals surface area contributed by atoms with Gasteiger partial charge in [0, 0.05) is 17.3 Å². The number of ether oxygens (including phenoxy) is 1. The third-order valence-corrected chi connectivity index (χ3v) is 3.82. The molecule has 0 fully saturated rings. The van der Waals surface area contributed by atoms with Gasteiger partial charge in [-0.15, -0.1) is 11.6 Å². The van der Waals surface area contributed by atoms with E-state index in [-0.39, 0.29) is 5.38 Å². The summed E-state index contributed by atoms with van der Waals surface area (Å²) < 4.78 is 7.19. The molecule has 0 bridgehead atoms. The van der Waals surface area contributed by atoms with Crippen LogP contribution >= 0.6 is 11.6 Å². The maximum atomic E-state index is 6.58. The summed E-state index contributed by atoms with van der Waals surface area (Å²) in [6, 6.07) is 17.7. The Balaban J connectivity index is 1.93. The highest BCUT2D eigenvalue weighted by Gasteiger charge is 2.17. The molecule has 0 amide bonds. The molecule has 0 radical (unpaired) electrons.